The van der Waals surface area contributed by atoms with Gasteiger partial charge in [-0.2, -0.15) is 0 Å². The molecule has 1 aromatic rings. The summed E-state index contributed by atoms with van der Waals surface area (Å²) >= 11 is 4.01. The number of anilines is 1. The van der Waals surface area contributed by atoms with Crippen LogP contribution in [0.15, 0.2) is 18.2 Å². The van der Waals surface area contributed by atoms with Crippen LogP contribution in [0.1, 0.15) is 50.6 Å². The van der Waals surface area contributed by atoms with Crippen LogP contribution >= 0.6 is 15.9 Å². The summed E-state index contributed by atoms with van der Waals surface area (Å²) in [5.41, 5.74) is 1.16. The maximum Gasteiger partial charge on any atom is 0.226 e. The van der Waals surface area contributed by atoms with Crippen molar-refractivity contribution >= 4 is 27.7 Å². The second kappa shape index (κ2) is 5.05. The summed E-state index contributed by atoms with van der Waals surface area (Å²) in [5.74, 6) is 2.47. The van der Waals surface area contributed by atoms with Crippen molar-refractivity contribution in [2.75, 3.05) is 5.32 Å². The number of aryl methyl sites for hydroxylation is 1. The number of carbonyl (C=O) groups is 1. The van der Waals surface area contributed by atoms with E-state index in [2.05, 4.69) is 26.2 Å². The minimum absolute atomic E-state index is 0.135. The van der Waals surface area contributed by atoms with E-state index in [1.54, 1.807) is 0 Å². The number of nitrogens with zero attached hydrogens (tertiary/aromatic N) is 1. The molecule has 5 rings (SSSR count). The fraction of sp³-hybridized carbons (Fsp3) is 0.667. The maximum atomic E-state index is 12.5. The van der Waals surface area contributed by atoms with Crippen molar-refractivity contribution in [1.29, 1.82) is 0 Å². The Morgan fingerprint density at radius 3 is 2.68 bits per heavy atom. The molecular weight excluding hydrogens is 340 g/mol. The van der Waals surface area contributed by atoms with Gasteiger partial charge >= 0.3 is 0 Å². The monoisotopic (exact) mass is 362 g/mol. The molecule has 4 aliphatic rings. The van der Waals surface area contributed by atoms with Crippen molar-refractivity contribution < 1.29 is 4.79 Å². The molecule has 1 amide bonds. The van der Waals surface area contributed by atoms with Crippen LogP contribution in [0.5, 0.6) is 0 Å². The van der Waals surface area contributed by atoms with Crippen molar-refractivity contribution in [2.24, 2.45) is 17.3 Å². The smallest absolute Gasteiger partial charge is 0.226 e. The van der Waals surface area contributed by atoms with Gasteiger partial charge in [-0.3, -0.25) is 4.79 Å². The van der Waals surface area contributed by atoms with Crippen LogP contribution in [0.4, 0.5) is 5.82 Å². The van der Waals surface area contributed by atoms with Gasteiger partial charge in [0.2, 0.25) is 5.91 Å². The third-order valence-electron chi connectivity index (χ3n) is 5.80. The first-order valence-electron chi connectivity index (χ1n) is 8.36. The Morgan fingerprint density at radius 1 is 1.32 bits per heavy atom. The molecule has 0 radical (unpaired) electrons. The molecule has 22 heavy (non-hydrogen) atoms. The number of hydrogen-bond acceptors (Lipinski definition) is 2. The van der Waals surface area contributed by atoms with E-state index in [-0.39, 0.29) is 11.3 Å². The van der Waals surface area contributed by atoms with Crippen molar-refractivity contribution in [3.05, 3.63) is 23.9 Å². The van der Waals surface area contributed by atoms with Gasteiger partial charge in [0.15, 0.2) is 0 Å². The molecular formula is C18H23BrN2O. The van der Waals surface area contributed by atoms with Crippen molar-refractivity contribution in [2.45, 2.75) is 56.2 Å². The molecule has 1 N–H and O–H groups in total. The predicted octanol–water partition coefficient (Wildman–Crippen LogP) is 4.45. The summed E-state index contributed by atoms with van der Waals surface area (Å²) in [7, 11) is 0. The van der Waals surface area contributed by atoms with Gasteiger partial charge in [0.1, 0.15) is 5.82 Å². The van der Waals surface area contributed by atoms with Crippen LogP contribution in [0.3, 0.4) is 0 Å². The van der Waals surface area contributed by atoms with Crippen molar-refractivity contribution in [3.8, 4) is 0 Å². The number of pyridine rings is 1. The van der Waals surface area contributed by atoms with E-state index in [1.165, 1.54) is 38.5 Å². The van der Waals surface area contributed by atoms with E-state index in [9.17, 15) is 4.79 Å². The summed E-state index contributed by atoms with van der Waals surface area (Å²) in [4.78, 5) is 16.9. The average molecular weight is 363 g/mol. The zero-order valence-corrected chi connectivity index (χ0v) is 14.7. The summed E-state index contributed by atoms with van der Waals surface area (Å²) in [5, 5.41) is 3.00. The van der Waals surface area contributed by atoms with Gasteiger partial charge in [0.05, 0.1) is 0 Å². The Morgan fingerprint density at radius 2 is 2.05 bits per heavy atom. The van der Waals surface area contributed by atoms with E-state index < -0.39 is 0 Å². The molecule has 4 saturated carbocycles. The SMILES string of the molecule is Cc1cccc(NC(=O)CC23C[C@H]4C[C@@H](CC(Br)(C4)C2)C3)n1. The number of carbonyl (C=O) groups excluding carboxylic acids is 1. The van der Waals surface area contributed by atoms with E-state index in [0.29, 0.717) is 16.6 Å². The van der Waals surface area contributed by atoms with Crippen LogP contribution in [0.25, 0.3) is 0 Å². The second-order valence-corrected chi connectivity index (χ2v) is 9.68. The third-order valence-corrected chi connectivity index (χ3v) is 6.73. The van der Waals surface area contributed by atoms with Gasteiger partial charge in [-0.1, -0.05) is 22.0 Å². The maximum absolute atomic E-state index is 12.5. The number of alkyl halides is 1. The Bertz CT molecular complexity index is 601. The molecule has 4 bridgehead atoms. The first kappa shape index (κ1) is 14.7. The van der Waals surface area contributed by atoms with Gasteiger partial charge in [0.25, 0.3) is 0 Å². The lowest BCUT2D eigenvalue weighted by Crippen LogP contribution is -2.53. The van der Waals surface area contributed by atoms with E-state index >= 15 is 0 Å². The summed E-state index contributed by atoms with van der Waals surface area (Å²) in [6.45, 7) is 1.95. The standard InChI is InChI=1S/C18H23BrN2O/c1-12-3-2-4-15(20-12)21-16(22)10-17-6-13-5-14(7-17)9-18(19,8-13)11-17/h2-4,13-14H,5-11H2,1H3,(H,20,21,22)/t13-,14-,17?,18?/m1/s1. The van der Waals surface area contributed by atoms with E-state index in [0.717, 1.165) is 17.5 Å². The lowest BCUT2D eigenvalue weighted by Gasteiger charge is -2.60. The normalized spacial score (nSPS) is 39.0. The van der Waals surface area contributed by atoms with Crippen LogP contribution in [-0.2, 0) is 4.79 Å². The Kier molecular flexibility index (Phi) is 3.37. The molecule has 2 atom stereocenters. The number of aromatic nitrogens is 1. The first-order valence-corrected chi connectivity index (χ1v) is 9.16. The molecule has 4 heteroatoms. The molecule has 0 aromatic carbocycles. The lowest BCUT2D eigenvalue weighted by atomic mass is 9.48. The molecule has 1 heterocycles. The summed E-state index contributed by atoms with van der Waals surface area (Å²) in [6, 6.07) is 5.76. The average Bonchev–Trinajstić information content (AvgIpc) is 2.34. The molecule has 0 spiro atoms. The largest absolute Gasteiger partial charge is 0.311 e. The predicted molar refractivity (Wildman–Crippen MR) is 91.0 cm³/mol. The van der Waals surface area contributed by atoms with Gasteiger partial charge in [-0.25, -0.2) is 4.98 Å². The lowest BCUT2D eigenvalue weighted by molar-refractivity contribution is -0.123. The summed E-state index contributed by atoms with van der Waals surface area (Å²) in [6.07, 6.45) is 8.32. The number of halogens is 1. The van der Waals surface area contributed by atoms with Gasteiger partial charge in [-0.05, 0) is 74.8 Å². The molecule has 0 unspecified atom stereocenters. The number of rotatable bonds is 3. The fourth-order valence-corrected chi connectivity index (χ4v) is 7.19. The number of amides is 1. The van der Waals surface area contributed by atoms with Crippen molar-refractivity contribution in [3.63, 3.8) is 0 Å². The molecule has 4 aliphatic carbocycles. The van der Waals surface area contributed by atoms with Gasteiger partial charge < -0.3 is 5.32 Å². The Balaban J connectivity index is 1.47. The number of hydrogen-bond donors (Lipinski definition) is 1. The first-order chi connectivity index (χ1) is 10.4. The van der Waals surface area contributed by atoms with Crippen LogP contribution in [0, 0.1) is 24.2 Å². The zero-order chi connectivity index (χ0) is 15.4. The van der Waals surface area contributed by atoms with Crippen LogP contribution in [0.2, 0.25) is 0 Å². The molecule has 1 aromatic heterocycles. The Labute approximate surface area is 140 Å². The number of nitrogens with one attached hydrogen (secondary N) is 1. The molecule has 0 aliphatic heterocycles. The quantitative estimate of drug-likeness (QED) is 0.806. The van der Waals surface area contributed by atoms with Crippen LogP contribution < -0.4 is 5.32 Å². The molecule has 3 nitrogen and oxygen atoms in total. The molecule has 118 valence electrons. The van der Waals surface area contributed by atoms with Crippen LogP contribution in [-0.4, -0.2) is 15.2 Å². The fourth-order valence-electron chi connectivity index (χ4n) is 5.68. The highest BCUT2D eigenvalue weighted by atomic mass is 79.9. The third kappa shape index (κ3) is 2.70. The minimum atomic E-state index is 0.135. The minimum Gasteiger partial charge on any atom is -0.311 e. The van der Waals surface area contributed by atoms with E-state index in [1.807, 2.05) is 25.1 Å². The molecule has 0 saturated heterocycles. The van der Waals surface area contributed by atoms with E-state index in [4.69, 9.17) is 0 Å². The molecule has 4 fully saturated rings. The zero-order valence-electron chi connectivity index (χ0n) is 13.1. The second-order valence-electron chi connectivity index (χ2n) is 8.00. The highest BCUT2D eigenvalue weighted by Gasteiger charge is 2.57. The van der Waals surface area contributed by atoms with Crippen molar-refractivity contribution in [1.82, 2.24) is 4.98 Å². The highest BCUT2D eigenvalue weighted by Crippen LogP contribution is 2.65. The van der Waals surface area contributed by atoms with Gasteiger partial charge in [-0.15, -0.1) is 0 Å². The highest BCUT2D eigenvalue weighted by molar-refractivity contribution is 9.10. The van der Waals surface area contributed by atoms with Gasteiger partial charge in [0, 0.05) is 16.4 Å². The Hall–Kier alpha value is -0.900. The summed E-state index contributed by atoms with van der Waals surface area (Å²) < 4.78 is 0.318. The topological polar surface area (TPSA) is 42.0 Å².